The third-order valence-electron chi connectivity index (χ3n) is 4.42. The van der Waals surface area contributed by atoms with Gasteiger partial charge in [-0.1, -0.05) is 13.3 Å². The molecule has 24 heavy (non-hydrogen) atoms. The Morgan fingerprint density at radius 3 is 2.38 bits per heavy atom. The van der Waals surface area contributed by atoms with E-state index in [0.717, 1.165) is 12.1 Å². The average Bonchev–Trinajstić information content (AvgIpc) is 2.81. The van der Waals surface area contributed by atoms with E-state index in [0.29, 0.717) is 11.9 Å². The number of aryl methyl sites for hydroxylation is 1. The van der Waals surface area contributed by atoms with Crippen molar-refractivity contribution < 1.29 is 18.3 Å². The van der Waals surface area contributed by atoms with Gasteiger partial charge in [0.25, 0.3) is 0 Å². The van der Waals surface area contributed by atoms with Crippen molar-refractivity contribution in [2.24, 2.45) is 0 Å². The van der Waals surface area contributed by atoms with E-state index in [4.69, 9.17) is 5.26 Å². The molecule has 1 aromatic carbocycles. The molecule has 0 aliphatic rings. The predicted molar refractivity (Wildman–Crippen MR) is 86.7 cm³/mol. The van der Waals surface area contributed by atoms with Crippen LogP contribution >= 0.6 is 0 Å². The van der Waals surface area contributed by atoms with E-state index < -0.39 is 23.4 Å². The fraction of sp³-hybridized carbons (Fsp3) is 0.500. The highest BCUT2D eigenvalue weighted by Gasteiger charge is 2.37. The second-order valence-electron chi connectivity index (χ2n) is 6.62. The number of benzene rings is 1. The summed E-state index contributed by atoms with van der Waals surface area (Å²) >= 11 is 0. The van der Waals surface area contributed by atoms with Crippen molar-refractivity contribution in [3.05, 3.63) is 35.0 Å². The molecular weight excluding hydrogens is 317 g/mol. The molecule has 0 aliphatic heterocycles. The quantitative estimate of drug-likeness (QED) is 0.869. The van der Waals surface area contributed by atoms with E-state index >= 15 is 0 Å². The highest BCUT2D eigenvalue weighted by atomic mass is 19.4. The summed E-state index contributed by atoms with van der Waals surface area (Å²) in [6.07, 6.45) is -3.26. The van der Waals surface area contributed by atoms with Crippen LogP contribution in [-0.2, 0) is 12.6 Å². The summed E-state index contributed by atoms with van der Waals surface area (Å²) < 4.78 is 42.3. The summed E-state index contributed by atoms with van der Waals surface area (Å²) in [6, 6.07) is 5.46. The molecule has 0 aliphatic carbocycles. The summed E-state index contributed by atoms with van der Waals surface area (Å²) in [5, 5.41) is 19.4. The second kappa shape index (κ2) is 6.14. The van der Waals surface area contributed by atoms with Crippen molar-refractivity contribution in [2.75, 3.05) is 0 Å². The molecule has 0 radical (unpaired) electrons. The molecule has 0 fully saturated rings. The topological polar surface area (TPSA) is 49.0 Å². The Hall–Kier alpha value is -2.00. The molecule has 1 unspecified atom stereocenters. The molecular formula is C18H21F3N2O. The highest BCUT2D eigenvalue weighted by molar-refractivity contribution is 5.87. The molecule has 1 heterocycles. The Balaban J connectivity index is 2.89. The first-order chi connectivity index (χ1) is 11.0. The summed E-state index contributed by atoms with van der Waals surface area (Å²) in [6.45, 7) is 6.99. The number of nitrogens with zero attached hydrogens (tertiary/aromatic N) is 2. The molecule has 0 spiro atoms. The normalized spacial score (nSPS) is 14.0. The largest absolute Gasteiger partial charge is 0.418 e. The molecule has 0 saturated heterocycles. The molecule has 1 aromatic heterocycles. The summed E-state index contributed by atoms with van der Waals surface area (Å²) in [7, 11) is 0. The standard InChI is InChI=1S/C18H21F3N2O/c1-5-6-13-9-14-15(23(13)11(2)17(3,4)24)8-7-12(10-22)16(14)18(19,20)21/h7-9,11,24H,5-6H2,1-4H3. The summed E-state index contributed by atoms with van der Waals surface area (Å²) in [4.78, 5) is 0. The minimum Gasteiger partial charge on any atom is -0.388 e. The van der Waals surface area contributed by atoms with Crippen molar-refractivity contribution in [3.63, 3.8) is 0 Å². The van der Waals surface area contributed by atoms with Gasteiger partial charge in [-0.05, 0) is 45.4 Å². The Kier molecular flexibility index (Phi) is 4.69. The van der Waals surface area contributed by atoms with Gasteiger partial charge in [-0.2, -0.15) is 18.4 Å². The Morgan fingerprint density at radius 1 is 1.29 bits per heavy atom. The van der Waals surface area contributed by atoms with Gasteiger partial charge in [-0.15, -0.1) is 0 Å². The number of halogens is 3. The van der Waals surface area contributed by atoms with Crippen molar-refractivity contribution in [1.82, 2.24) is 4.57 Å². The number of alkyl halides is 3. The molecule has 2 rings (SSSR count). The van der Waals surface area contributed by atoms with Crippen LogP contribution < -0.4 is 0 Å². The number of hydrogen-bond acceptors (Lipinski definition) is 2. The lowest BCUT2D eigenvalue weighted by Gasteiger charge is -2.30. The van der Waals surface area contributed by atoms with E-state index in [-0.39, 0.29) is 10.9 Å². The lowest BCUT2D eigenvalue weighted by molar-refractivity contribution is -0.136. The van der Waals surface area contributed by atoms with Gasteiger partial charge in [0, 0.05) is 16.6 Å². The maximum Gasteiger partial charge on any atom is 0.418 e. The van der Waals surface area contributed by atoms with Crippen LogP contribution in [0.3, 0.4) is 0 Å². The SMILES string of the molecule is CCCc1cc2c(C(F)(F)F)c(C#N)ccc2n1C(C)C(C)(C)O. The van der Waals surface area contributed by atoms with Crippen LogP contribution in [-0.4, -0.2) is 15.3 Å². The van der Waals surface area contributed by atoms with Gasteiger partial charge in [0.2, 0.25) is 0 Å². The van der Waals surface area contributed by atoms with Gasteiger partial charge in [-0.25, -0.2) is 0 Å². The smallest absolute Gasteiger partial charge is 0.388 e. The number of aromatic nitrogens is 1. The third-order valence-corrected chi connectivity index (χ3v) is 4.42. The fourth-order valence-electron chi connectivity index (χ4n) is 2.98. The fourth-order valence-corrected chi connectivity index (χ4v) is 2.98. The van der Waals surface area contributed by atoms with Crippen LogP contribution in [0.5, 0.6) is 0 Å². The Bertz CT molecular complexity index is 792. The second-order valence-corrected chi connectivity index (χ2v) is 6.62. The number of aliphatic hydroxyl groups is 1. The van der Waals surface area contributed by atoms with E-state index in [2.05, 4.69) is 0 Å². The van der Waals surface area contributed by atoms with E-state index in [9.17, 15) is 18.3 Å². The van der Waals surface area contributed by atoms with Crippen molar-refractivity contribution in [3.8, 4) is 6.07 Å². The zero-order valence-electron chi connectivity index (χ0n) is 14.2. The first-order valence-electron chi connectivity index (χ1n) is 7.88. The van der Waals surface area contributed by atoms with Crippen LogP contribution in [0.15, 0.2) is 18.2 Å². The number of rotatable bonds is 4. The van der Waals surface area contributed by atoms with Gasteiger partial charge >= 0.3 is 6.18 Å². The molecule has 130 valence electrons. The van der Waals surface area contributed by atoms with Gasteiger partial charge in [0.15, 0.2) is 0 Å². The Labute approximate surface area is 139 Å². The van der Waals surface area contributed by atoms with Crippen molar-refractivity contribution in [1.29, 1.82) is 5.26 Å². The third kappa shape index (κ3) is 3.13. The van der Waals surface area contributed by atoms with Gasteiger partial charge < -0.3 is 9.67 Å². The Morgan fingerprint density at radius 2 is 1.92 bits per heavy atom. The lowest BCUT2D eigenvalue weighted by Crippen LogP contribution is -2.31. The predicted octanol–water partition coefficient (Wildman–Crippen LogP) is 4.82. The minimum atomic E-state index is -4.61. The first kappa shape index (κ1) is 18.3. The zero-order chi connectivity index (χ0) is 18.3. The first-order valence-corrected chi connectivity index (χ1v) is 7.88. The van der Waals surface area contributed by atoms with Crippen LogP contribution in [0.1, 0.15) is 57.0 Å². The molecule has 2 aromatic rings. The van der Waals surface area contributed by atoms with Gasteiger partial charge in [0.05, 0.1) is 28.8 Å². The maximum absolute atomic E-state index is 13.5. The number of nitriles is 1. The highest BCUT2D eigenvalue weighted by Crippen LogP contribution is 2.40. The molecule has 3 nitrogen and oxygen atoms in total. The zero-order valence-corrected chi connectivity index (χ0v) is 14.2. The van der Waals surface area contributed by atoms with Crippen LogP contribution in [0.4, 0.5) is 13.2 Å². The van der Waals surface area contributed by atoms with Crippen LogP contribution in [0.2, 0.25) is 0 Å². The van der Waals surface area contributed by atoms with Crippen LogP contribution in [0, 0.1) is 11.3 Å². The summed E-state index contributed by atoms with van der Waals surface area (Å²) in [5.41, 5.74) is -1.27. The monoisotopic (exact) mass is 338 g/mol. The van der Waals surface area contributed by atoms with Crippen molar-refractivity contribution >= 4 is 10.9 Å². The molecule has 0 amide bonds. The van der Waals surface area contributed by atoms with Crippen LogP contribution in [0.25, 0.3) is 10.9 Å². The van der Waals surface area contributed by atoms with E-state index in [1.54, 1.807) is 31.4 Å². The lowest BCUT2D eigenvalue weighted by atomic mass is 9.99. The minimum absolute atomic E-state index is 0.0149. The average molecular weight is 338 g/mol. The number of fused-ring (bicyclic) bond motifs is 1. The maximum atomic E-state index is 13.5. The molecule has 0 saturated carbocycles. The van der Waals surface area contributed by atoms with Gasteiger partial charge in [-0.3, -0.25) is 0 Å². The molecule has 1 atom stereocenters. The van der Waals surface area contributed by atoms with E-state index in [1.165, 1.54) is 18.2 Å². The van der Waals surface area contributed by atoms with Gasteiger partial charge in [0.1, 0.15) is 0 Å². The number of hydrogen-bond donors (Lipinski definition) is 1. The molecule has 1 N–H and O–H groups in total. The molecule has 0 bridgehead atoms. The van der Waals surface area contributed by atoms with Crippen molar-refractivity contribution in [2.45, 2.75) is 58.4 Å². The van der Waals surface area contributed by atoms with E-state index in [1.807, 2.05) is 6.92 Å². The summed E-state index contributed by atoms with van der Waals surface area (Å²) in [5.74, 6) is 0. The molecule has 6 heteroatoms.